The van der Waals surface area contributed by atoms with E-state index in [1.807, 2.05) is 19.2 Å². The van der Waals surface area contributed by atoms with Gasteiger partial charge < -0.3 is 14.6 Å². The molecule has 1 aromatic carbocycles. The van der Waals surface area contributed by atoms with Crippen LogP contribution in [0.15, 0.2) is 24.3 Å². The molecule has 1 heterocycles. The fourth-order valence-electron chi connectivity index (χ4n) is 2.40. The monoisotopic (exact) mass is 261 g/mol. The predicted molar refractivity (Wildman–Crippen MR) is 78.4 cm³/mol. The highest BCUT2D eigenvalue weighted by Gasteiger charge is 2.29. The average Bonchev–Trinajstić information content (AvgIpc) is 2.73. The molecule has 0 saturated carbocycles. The molecule has 2 aromatic rings. The number of nitrogens with one attached hydrogen (secondary N) is 1. The Balaban J connectivity index is 2.32. The smallest absolute Gasteiger partial charge is 0.111 e. The summed E-state index contributed by atoms with van der Waals surface area (Å²) < 4.78 is 7.74. The van der Waals surface area contributed by atoms with E-state index in [2.05, 4.69) is 42.9 Å². The normalized spacial score (nSPS) is 13.9. The molecule has 0 fully saturated rings. The molecule has 0 spiro atoms. The molecule has 0 bridgehead atoms. The molecule has 1 N–H and O–H groups in total. The number of aromatic nitrogens is 2. The minimum atomic E-state index is -0.229. The van der Waals surface area contributed by atoms with Crippen LogP contribution >= 0.6 is 0 Å². The van der Waals surface area contributed by atoms with Gasteiger partial charge in [-0.2, -0.15) is 0 Å². The third-order valence-corrected chi connectivity index (χ3v) is 3.98. The van der Waals surface area contributed by atoms with Crippen LogP contribution in [-0.2, 0) is 18.2 Å². The Morgan fingerprint density at radius 1 is 1.37 bits per heavy atom. The lowest BCUT2D eigenvalue weighted by molar-refractivity contribution is -0.00859. The first-order valence-electron chi connectivity index (χ1n) is 6.62. The van der Waals surface area contributed by atoms with Gasteiger partial charge in [0.05, 0.1) is 16.6 Å². The van der Waals surface area contributed by atoms with Crippen LogP contribution in [-0.4, -0.2) is 35.4 Å². The fraction of sp³-hybridized carbons (Fsp3) is 0.533. The SMILES string of the molecule is CNC(Cc1nc2ccccc2n1C)C(C)(C)OC. The predicted octanol–water partition coefficient (Wildman–Crippen LogP) is 2.13. The molecule has 19 heavy (non-hydrogen) atoms. The zero-order valence-electron chi connectivity index (χ0n) is 12.4. The van der Waals surface area contributed by atoms with Crippen molar-refractivity contribution >= 4 is 11.0 Å². The molecular formula is C15H23N3O. The van der Waals surface area contributed by atoms with Crippen LogP contribution in [0.25, 0.3) is 11.0 Å². The first-order valence-corrected chi connectivity index (χ1v) is 6.62. The van der Waals surface area contributed by atoms with E-state index in [1.54, 1.807) is 7.11 Å². The van der Waals surface area contributed by atoms with Gasteiger partial charge >= 0.3 is 0 Å². The van der Waals surface area contributed by atoms with E-state index in [4.69, 9.17) is 9.72 Å². The van der Waals surface area contributed by atoms with E-state index in [0.29, 0.717) is 0 Å². The van der Waals surface area contributed by atoms with Gasteiger partial charge in [0.15, 0.2) is 0 Å². The highest BCUT2D eigenvalue weighted by atomic mass is 16.5. The molecule has 0 radical (unpaired) electrons. The Bertz CT molecular complexity index is 560. The van der Waals surface area contributed by atoms with E-state index >= 15 is 0 Å². The lowest BCUT2D eigenvalue weighted by Gasteiger charge is -2.32. The molecule has 1 aromatic heterocycles. The van der Waals surface area contributed by atoms with Crippen LogP contribution in [0.5, 0.6) is 0 Å². The summed E-state index contributed by atoms with van der Waals surface area (Å²) in [5.74, 6) is 1.07. The molecule has 0 saturated heterocycles. The number of methoxy groups -OCH3 is 1. The van der Waals surface area contributed by atoms with Gasteiger partial charge in [-0.05, 0) is 33.0 Å². The molecule has 4 heteroatoms. The van der Waals surface area contributed by atoms with E-state index in [-0.39, 0.29) is 11.6 Å². The number of fused-ring (bicyclic) bond motifs is 1. The Morgan fingerprint density at radius 2 is 2.05 bits per heavy atom. The second kappa shape index (κ2) is 5.31. The van der Waals surface area contributed by atoms with Gasteiger partial charge in [0.25, 0.3) is 0 Å². The number of nitrogens with zero attached hydrogens (tertiary/aromatic N) is 2. The van der Waals surface area contributed by atoms with E-state index in [9.17, 15) is 0 Å². The third kappa shape index (κ3) is 2.65. The minimum absolute atomic E-state index is 0.216. The van der Waals surface area contributed by atoms with Crippen molar-refractivity contribution < 1.29 is 4.74 Å². The van der Waals surface area contributed by atoms with Gasteiger partial charge in [0.1, 0.15) is 5.82 Å². The number of hydrogen-bond donors (Lipinski definition) is 1. The van der Waals surface area contributed by atoms with Gasteiger partial charge in [-0.15, -0.1) is 0 Å². The maximum atomic E-state index is 5.58. The van der Waals surface area contributed by atoms with Gasteiger partial charge in [0, 0.05) is 26.6 Å². The van der Waals surface area contributed by atoms with Crippen LogP contribution in [0.3, 0.4) is 0 Å². The van der Waals surface area contributed by atoms with Crippen LogP contribution in [0, 0.1) is 0 Å². The summed E-state index contributed by atoms with van der Waals surface area (Å²) in [5, 5.41) is 3.33. The fourth-order valence-corrected chi connectivity index (χ4v) is 2.40. The molecule has 4 nitrogen and oxygen atoms in total. The van der Waals surface area contributed by atoms with Crippen LogP contribution in [0.4, 0.5) is 0 Å². The third-order valence-electron chi connectivity index (χ3n) is 3.98. The van der Waals surface area contributed by atoms with Crippen molar-refractivity contribution in [3.63, 3.8) is 0 Å². The number of aryl methyl sites for hydroxylation is 1. The number of rotatable bonds is 5. The van der Waals surface area contributed by atoms with Crippen LogP contribution < -0.4 is 5.32 Å². The number of hydrogen-bond acceptors (Lipinski definition) is 3. The number of imidazole rings is 1. The van der Waals surface area contributed by atoms with Gasteiger partial charge in [-0.3, -0.25) is 0 Å². The minimum Gasteiger partial charge on any atom is -0.377 e. The average molecular weight is 261 g/mol. The highest BCUT2D eigenvalue weighted by molar-refractivity contribution is 5.75. The number of para-hydroxylation sites is 2. The van der Waals surface area contributed by atoms with Crippen molar-refractivity contribution in [3.05, 3.63) is 30.1 Å². The number of benzene rings is 1. The Kier molecular flexibility index (Phi) is 3.92. The molecule has 2 rings (SSSR count). The molecule has 0 aliphatic rings. The molecule has 0 aliphatic heterocycles. The van der Waals surface area contributed by atoms with E-state index in [0.717, 1.165) is 17.8 Å². The quantitative estimate of drug-likeness (QED) is 0.896. The van der Waals surface area contributed by atoms with Gasteiger partial charge in [-0.1, -0.05) is 12.1 Å². The standard InChI is InChI=1S/C15H23N3O/c1-15(2,19-5)13(16-3)10-14-17-11-8-6-7-9-12(11)18(14)4/h6-9,13,16H,10H2,1-5H3. The Morgan fingerprint density at radius 3 is 2.63 bits per heavy atom. The molecule has 1 atom stereocenters. The zero-order valence-corrected chi connectivity index (χ0v) is 12.4. The summed E-state index contributed by atoms with van der Waals surface area (Å²) in [7, 11) is 5.78. The molecule has 1 unspecified atom stereocenters. The molecular weight excluding hydrogens is 238 g/mol. The summed E-state index contributed by atoms with van der Waals surface area (Å²) in [4.78, 5) is 4.72. The first kappa shape index (κ1) is 14.0. The maximum absolute atomic E-state index is 5.58. The lowest BCUT2D eigenvalue weighted by Crippen LogP contribution is -2.48. The maximum Gasteiger partial charge on any atom is 0.111 e. The van der Waals surface area contributed by atoms with Crippen molar-refractivity contribution in [3.8, 4) is 0 Å². The Labute approximate surface area is 114 Å². The molecule has 0 amide bonds. The summed E-state index contributed by atoms with van der Waals surface area (Å²) in [5.41, 5.74) is 1.99. The van der Waals surface area contributed by atoms with Crippen LogP contribution in [0.2, 0.25) is 0 Å². The second-order valence-electron chi connectivity index (χ2n) is 5.43. The summed E-state index contributed by atoms with van der Waals surface area (Å²) >= 11 is 0. The van der Waals surface area contributed by atoms with Crippen molar-refractivity contribution in [1.29, 1.82) is 0 Å². The first-order chi connectivity index (χ1) is 8.99. The molecule has 104 valence electrons. The van der Waals surface area contributed by atoms with Crippen molar-refractivity contribution in [2.24, 2.45) is 7.05 Å². The highest BCUT2D eigenvalue weighted by Crippen LogP contribution is 2.20. The summed E-state index contributed by atoms with van der Waals surface area (Å²) in [6.45, 7) is 4.19. The van der Waals surface area contributed by atoms with Crippen molar-refractivity contribution in [2.45, 2.75) is 31.9 Å². The van der Waals surface area contributed by atoms with Crippen LogP contribution in [0.1, 0.15) is 19.7 Å². The summed E-state index contributed by atoms with van der Waals surface area (Å²) in [6.07, 6.45) is 0.836. The van der Waals surface area contributed by atoms with Crippen molar-refractivity contribution in [2.75, 3.05) is 14.2 Å². The van der Waals surface area contributed by atoms with Gasteiger partial charge in [0.2, 0.25) is 0 Å². The zero-order chi connectivity index (χ0) is 14.0. The van der Waals surface area contributed by atoms with Crippen molar-refractivity contribution in [1.82, 2.24) is 14.9 Å². The van der Waals surface area contributed by atoms with E-state index in [1.165, 1.54) is 5.52 Å². The largest absolute Gasteiger partial charge is 0.377 e. The molecule has 0 aliphatic carbocycles. The Hall–Kier alpha value is -1.39. The lowest BCUT2D eigenvalue weighted by atomic mass is 9.95. The topological polar surface area (TPSA) is 39.1 Å². The number of likely N-dealkylation sites (N-methyl/N-ethyl adjacent to an activating group) is 1. The second-order valence-corrected chi connectivity index (χ2v) is 5.43. The van der Waals surface area contributed by atoms with Gasteiger partial charge in [-0.25, -0.2) is 4.98 Å². The van der Waals surface area contributed by atoms with E-state index < -0.39 is 0 Å². The summed E-state index contributed by atoms with van der Waals surface area (Å²) in [6, 6.07) is 8.43. The number of ether oxygens (including phenoxy) is 1.